The van der Waals surface area contributed by atoms with Gasteiger partial charge in [0.25, 0.3) is 0 Å². The van der Waals surface area contributed by atoms with Crippen LogP contribution in [0.1, 0.15) is 34.1 Å². The van der Waals surface area contributed by atoms with E-state index in [-0.39, 0.29) is 0 Å². The van der Waals surface area contributed by atoms with E-state index in [4.69, 9.17) is 0 Å². The summed E-state index contributed by atoms with van der Waals surface area (Å²) >= 11 is 0. The van der Waals surface area contributed by atoms with E-state index in [9.17, 15) is 0 Å². The average Bonchev–Trinajstić information content (AvgIpc) is 2.34. The first-order chi connectivity index (χ1) is 8.15. The third-order valence-electron chi connectivity index (χ3n) is 3.09. The van der Waals surface area contributed by atoms with Crippen LogP contribution in [0.3, 0.4) is 0 Å². The summed E-state index contributed by atoms with van der Waals surface area (Å²) in [4.78, 5) is 2.55. The molecular formula is C15H26N2. The zero-order valence-corrected chi connectivity index (χ0v) is 11.6. The summed E-state index contributed by atoms with van der Waals surface area (Å²) in [5, 5.41) is 3.50. The van der Waals surface area contributed by atoms with Crippen LogP contribution >= 0.6 is 0 Å². The third-order valence-corrected chi connectivity index (χ3v) is 3.09. The molecule has 1 unspecified atom stereocenters. The Balaban J connectivity index is 2.44. The highest BCUT2D eigenvalue weighted by Gasteiger charge is 2.15. The Hall–Kier alpha value is -1.02. The quantitative estimate of drug-likeness (QED) is 0.775. The van der Waals surface area contributed by atoms with Gasteiger partial charge in [0.1, 0.15) is 0 Å². The van der Waals surface area contributed by atoms with Crippen molar-refractivity contribution in [1.29, 1.82) is 0 Å². The van der Waals surface area contributed by atoms with Gasteiger partial charge in [0.15, 0.2) is 0 Å². The molecule has 1 N–H and O–H groups in total. The highest BCUT2D eigenvalue weighted by molar-refractivity contribution is 5.42. The lowest BCUT2D eigenvalue weighted by Gasteiger charge is -2.32. The number of benzene rings is 1. The number of rotatable bonds is 7. The summed E-state index contributed by atoms with van der Waals surface area (Å²) in [6.07, 6.45) is 1.22. The first-order valence-electron chi connectivity index (χ1n) is 6.69. The Morgan fingerprint density at radius 1 is 1.12 bits per heavy atom. The number of hydrogen-bond acceptors (Lipinski definition) is 2. The van der Waals surface area contributed by atoms with E-state index in [1.807, 2.05) is 6.07 Å². The zero-order valence-electron chi connectivity index (χ0n) is 11.6. The third kappa shape index (κ3) is 4.78. The monoisotopic (exact) mass is 234 g/mol. The van der Waals surface area contributed by atoms with E-state index in [0.29, 0.717) is 12.1 Å². The van der Waals surface area contributed by atoms with Gasteiger partial charge in [-0.15, -0.1) is 0 Å². The highest BCUT2D eigenvalue weighted by atomic mass is 15.2. The van der Waals surface area contributed by atoms with Crippen molar-refractivity contribution in [3.8, 4) is 0 Å². The Labute approximate surface area is 106 Å². The lowest BCUT2D eigenvalue weighted by molar-refractivity contribution is 0.171. The summed E-state index contributed by atoms with van der Waals surface area (Å²) in [7, 11) is 0. The first-order valence-corrected chi connectivity index (χ1v) is 6.69. The van der Waals surface area contributed by atoms with Crippen molar-refractivity contribution in [2.75, 3.05) is 18.4 Å². The molecule has 17 heavy (non-hydrogen) atoms. The van der Waals surface area contributed by atoms with E-state index < -0.39 is 0 Å². The van der Waals surface area contributed by atoms with Crippen LogP contribution in [0.4, 0.5) is 5.69 Å². The molecule has 96 valence electrons. The number of para-hydroxylation sites is 1. The smallest absolute Gasteiger partial charge is 0.0340 e. The fourth-order valence-corrected chi connectivity index (χ4v) is 2.18. The molecule has 2 nitrogen and oxygen atoms in total. The maximum atomic E-state index is 3.50. The fraction of sp³-hybridized carbons (Fsp3) is 0.600. The maximum Gasteiger partial charge on any atom is 0.0340 e. The van der Waals surface area contributed by atoms with E-state index >= 15 is 0 Å². The van der Waals surface area contributed by atoms with Crippen LogP contribution in [-0.2, 0) is 0 Å². The summed E-state index contributed by atoms with van der Waals surface area (Å²) in [6, 6.07) is 11.6. The van der Waals surface area contributed by atoms with Gasteiger partial charge in [-0.25, -0.2) is 0 Å². The van der Waals surface area contributed by atoms with Crippen molar-refractivity contribution >= 4 is 5.69 Å². The van der Waals surface area contributed by atoms with Gasteiger partial charge < -0.3 is 5.32 Å². The molecule has 0 spiro atoms. The van der Waals surface area contributed by atoms with Crippen molar-refractivity contribution in [1.82, 2.24) is 4.90 Å². The van der Waals surface area contributed by atoms with E-state index in [0.717, 1.165) is 6.54 Å². The lowest BCUT2D eigenvalue weighted by Crippen LogP contribution is -2.42. The van der Waals surface area contributed by atoms with Crippen LogP contribution in [0.2, 0.25) is 0 Å². The summed E-state index contributed by atoms with van der Waals surface area (Å²) < 4.78 is 0. The van der Waals surface area contributed by atoms with Gasteiger partial charge in [0.05, 0.1) is 0 Å². The number of nitrogens with zero attached hydrogens (tertiary/aromatic N) is 1. The predicted octanol–water partition coefficient (Wildman–Crippen LogP) is 3.61. The Morgan fingerprint density at radius 3 is 2.29 bits per heavy atom. The molecule has 1 atom stereocenters. The predicted molar refractivity (Wildman–Crippen MR) is 76.5 cm³/mol. The molecule has 0 saturated heterocycles. The summed E-state index contributed by atoms with van der Waals surface area (Å²) in [5.74, 6) is 0. The summed E-state index contributed by atoms with van der Waals surface area (Å²) in [6.45, 7) is 11.3. The van der Waals surface area contributed by atoms with Crippen molar-refractivity contribution in [3.63, 3.8) is 0 Å². The molecule has 0 aromatic heterocycles. The first kappa shape index (κ1) is 14.0. The highest BCUT2D eigenvalue weighted by Crippen LogP contribution is 2.09. The molecule has 0 bridgehead atoms. The second-order valence-corrected chi connectivity index (χ2v) is 4.93. The van der Waals surface area contributed by atoms with E-state index in [1.165, 1.54) is 18.7 Å². The fourth-order valence-electron chi connectivity index (χ4n) is 2.18. The molecule has 0 aliphatic heterocycles. The molecule has 0 aliphatic carbocycles. The molecule has 0 radical (unpaired) electrons. The van der Waals surface area contributed by atoms with Gasteiger partial charge in [-0.2, -0.15) is 0 Å². The number of anilines is 1. The van der Waals surface area contributed by atoms with Gasteiger partial charge >= 0.3 is 0 Å². The van der Waals surface area contributed by atoms with E-state index in [1.54, 1.807) is 0 Å². The minimum atomic E-state index is 0.565. The molecule has 2 heteroatoms. The standard InChI is InChI=1S/C15H26N2/c1-5-11-17(13(2)3)14(4)12-16-15-9-7-6-8-10-15/h6-10,13-14,16H,5,11-12H2,1-4H3. The summed E-state index contributed by atoms with van der Waals surface area (Å²) in [5.41, 5.74) is 1.21. The Bertz CT molecular complexity index is 295. The van der Waals surface area contributed by atoms with E-state index in [2.05, 4.69) is 62.2 Å². The van der Waals surface area contributed by atoms with Crippen molar-refractivity contribution in [2.24, 2.45) is 0 Å². The Kier molecular flexibility index (Phi) is 6.06. The van der Waals surface area contributed by atoms with Crippen molar-refractivity contribution in [2.45, 2.75) is 46.2 Å². The number of nitrogens with one attached hydrogen (secondary N) is 1. The van der Waals surface area contributed by atoms with Crippen molar-refractivity contribution < 1.29 is 0 Å². The molecule has 1 aromatic rings. The van der Waals surface area contributed by atoms with Crippen LogP contribution in [0.25, 0.3) is 0 Å². The van der Waals surface area contributed by atoms with Gasteiger partial charge in [0.2, 0.25) is 0 Å². The Morgan fingerprint density at radius 2 is 1.76 bits per heavy atom. The SMILES string of the molecule is CCCN(C(C)C)C(C)CNc1ccccc1. The van der Waals surface area contributed by atoms with Crippen LogP contribution in [0.15, 0.2) is 30.3 Å². The molecular weight excluding hydrogens is 208 g/mol. The maximum absolute atomic E-state index is 3.50. The average molecular weight is 234 g/mol. The zero-order chi connectivity index (χ0) is 12.7. The van der Waals surface area contributed by atoms with Gasteiger partial charge in [-0.05, 0) is 45.9 Å². The second-order valence-electron chi connectivity index (χ2n) is 4.93. The topological polar surface area (TPSA) is 15.3 Å². The number of hydrogen-bond donors (Lipinski definition) is 1. The molecule has 0 aliphatic rings. The van der Waals surface area contributed by atoms with Crippen LogP contribution in [0.5, 0.6) is 0 Å². The largest absolute Gasteiger partial charge is 0.383 e. The molecule has 0 saturated carbocycles. The van der Waals surface area contributed by atoms with Gasteiger partial charge in [-0.3, -0.25) is 4.90 Å². The van der Waals surface area contributed by atoms with Gasteiger partial charge in [-0.1, -0.05) is 25.1 Å². The molecule has 0 heterocycles. The molecule has 1 rings (SSSR count). The minimum absolute atomic E-state index is 0.565. The molecule has 1 aromatic carbocycles. The normalized spacial score (nSPS) is 13.1. The second kappa shape index (κ2) is 7.33. The van der Waals surface area contributed by atoms with Gasteiger partial charge in [0, 0.05) is 24.3 Å². The lowest BCUT2D eigenvalue weighted by atomic mass is 10.2. The minimum Gasteiger partial charge on any atom is -0.383 e. The van der Waals surface area contributed by atoms with Crippen molar-refractivity contribution in [3.05, 3.63) is 30.3 Å². The molecule has 0 fully saturated rings. The molecule has 0 amide bonds. The van der Waals surface area contributed by atoms with Crippen LogP contribution in [-0.4, -0.2) is 30.1 Å². The van der Waals surface area contributed by atoms with Crippen LogP contribution in [0, 0.1) is 0 Å². The van der Waals surface area contributed by atoms with Crippen LogP contribution < -0.4 is 5.32 Å².